The molecule has 1 aromatic heterocycles. The molecule has 0 atom stereocenters. The molecule has 0 aliphatic rings. The SMILES string of the molecule is CC(C)n1nccc1NC(=O)c1cc(F)cc(F)c1. The monoisotopic (exact) mass is 265 g/mol. The van der Waals surface area contributed by atoms with Gasteiger partial charge in [0, 0.05) is 23.7 Å². The summed E-state index contributed by atoms with van der Waals surface area (Å²) in [5, 5.41) is 6.62. The number of amides is 1. The molecule has 0 unspecified atom stereocenters. The highest BCUT2D eigenvalue weighted by molar-refractivity contribution is 6.03. The minimum atomic E-state index is -0.789. The average molecular weight is 265 g/mol. The van der Waals surface area contributed by atoms with Crippen molar-refractivity contribution >= 4 is 11.7 Å². The number of hydrogen-bond donors (Lipinski definition) is 1. The molecule has 4 nitrogen and oxygen atoms in total. The first-order valence-electron chi connectivity index (χ1n) is 5.78. The van der Waals surface area contributed by atoms with Crippen molar-refractivity contribution in [1.82, 2.24) is 9.78 Å². The molecule has 0 saturated carbocycles. The van der Waals surface area contributed by atoms with E-state index in [4.69, 9.17) is 0 Å². The summed E-state index contributed by atoms with van der Waals surface area (Å²) in [6.07, 6.45) is 1.54. The molecule has 0 bridgehead atoms. The lowest BCUT2D eigenvalue weighted by Crippen LogP contribution is -2.17. The Morgan fingerprint density at radius 3 is 2.47 bits per heavy atom. The maximum absolute atomic E-state index is 13.0. The number of carbonyl (C=O) groups excluding carboxylic acids is 1. The average Bonchev–Trinajstić information content (AvgIpc) is 2.75. The Labute approximate surface area is 109 Å². The van der Waals surface area contributed by atoms with Gasteiger partial charge in [0.05, 0.1) is 6.20 Å². The fourth-order valence-electron chi connectivity index (χ4n) is 1.70. The molecule has 2 aromatic rings. The summed E-state index contributed by atoms with van der Waals surface area (Å²) in [4.78, 5) is 11.9. The molecule has 0 radical (unpaired) electrons. The predicted molar refractivity (Wildman–Crippen MR) is 66.9 cm³/mol. The largest absolute Gasteiger partial charge is 0.307 e. The molecule has 0 fully saturated rings. The Morgan fingerprint density at radius 1 is 1.26 bits per heavy atom. The number of anilines is 1. The second-order valence-corrected chi connectivity index (χ2v) is 4.37. The summed E-state index contributed by atoms with van der Waals surface area (Å²) in [6.45, 7) is 3.81. The number of nitrogens with one attached hydrogen (secondary N) is 1. The van der Waals surface area contributed by atoms with Gasteiger partial charge in [-0.1, -0.05) is 0 Å². The second kappa shape index (κ2) is 5.17. The van der Waals surface area contributed by atoms with E-state index in [1.165, 1.54) is 0 Å². The van der Waals surface area contributed by atoms with E-state index in [2.05, 4.69) is 10.4 Å². The van der Waals surface area contributed by atoms with E-state index in [1.54, 1.807) is 16.9 Å². The van der Waals surface area contributed by atoms with Crippen molar-refractivity contribution in [2.75, 3.05) is 5.32 Å². The van der Waals surface area contributed by atoms with Crippen molar-refractivity contribution < 1.29 is 13.6 Å². The molecule has 19 heavy (non-hydrogen) atoms. The Bertz CT molecular complexity index is 587. The third kappa shape index (κ3) is 2.96. The van der Waals surface area contributed by atoms with Crippen LogP contribution in [0.3, 0.4) is 0 Å². The van der Waals surface area contributed by atoms with Crippen molar-refractivity contribution in [3.05, 3.63) is 47.7 Å². The normalized spacial score (nSPS) is 10.8. The van der Waals surface area contributed by atoms with Gasteiger partial charge in [-0.2, -0.15) is 5.10 Å². The number of carbonyl (C=O) groups is 1. The topological polar surface area (TPSA) is 46.9 Å². The number of rotatable bonds is 3. The van der Waals surface area contributed by atoms with Crippen molar-refractivity contribution in [3.8, 4) is 0 Å². The van der Waals surface area contributed by atoms with Crippen LogP contribution in [0, 0.1) is 11.6 Å². The molecule has 100 valence electrons. The predicted octanol–water partition coefficient (Wildman–Crippen LogP) is 2.99. The molecule has 6 heteroatoms. The lowest BCUT2D eigenvalue weighted by molar-refractivity contribution is 0.102. The quantitative estimate of drug-likeness (QED) is 0.927. The van der Waals surface area contributed by atoms with Gasteiger partial charge in [0.15, 0.2) is 0 Å². The molecule has 0 aliphatic carbocycles. The summed E-state index contributed by atoms with van der Waals surface area (Å²) in [5.41, 5.74) is -0.0750. The third-order valence-electron chi connectivity index (χ3n) is 2.53. The van der Waals surface area contributed by atoms with Gasteiger partial charge in [-0.15, -0.1) is 0 Å². The van der Waals surface area contributed by atoms with Crippen molar-refractivity contribution in [3.63, 3.8) is 0 Å². The number of aromatic nitrogens is 2. The van der Waals surface area contributed by atoms with Gasteiger partial charge in [-0.3, -0.25) is 4.79 Å². The first kappa shape index (κ1) is 13.2. The zero-order chi connectivity index (χ0) is 14.0. The zero-order valence-electron chi connectivity index (χ0n) is 10.5. The van der Waals surface area contributed by atoms with Crippen molar-refractivity contribution in [2.24, 2.45) is 0 Å². The van der Waals surface area contributed by atoms with Crippen LogP contribution in [0.5, 0.6) is 0 Å². The Hall–Kier alpha value is -2.24. The number of halogens is 2. The zero-order valence-corrected chi connectivity index (χ0v) is 10.5. The third-order valence-corrected chi connectivity index (χ3v) is 2.53. The molecule has 0 aliphatic heterocycles. The maximum atomic E-state index is 13.0. The Morgan fingerprint density at radius 2 is 1.89 bits per heavy atom. The fourth-order valence-corrected chi connectivity index (χ4v) is 1.70. The fraction of sp³-hybridized carbons (Fsp3) is 0.231. The summed E-state index contributed by atoms with van der Waals surface area (Å²) in [7, 11) is 0. The van der Waals surface area contributed by atoms with Crippen molar-refractivity contribution in [2.45, 2.75) is 19.9 Å². The molecule has 1 aromatic carbocycles. The number of benzene rings is 1. The highest BCUT2D eigenvalue weighted by Crippen LogP contribution is 2.15. The van der Waals surface area contributed by atoms with Crippen LogP contribution in [0.25, 0.3) is 0 Å². The smallest absolute Gasteiger partial charge is 0.257 e. The van der Waals surface area contributed by atoms with E-state index in [0.717, 1.165) is 18.2 Å². The van der Waals surface area contributed by atoms with Crippen LogP contribution in [-0.4, -0.2) is 15.7 Å². The number of nitrogens with zero attached hydrogens (tertiary/aromatic N) is 2. The van der Waals surface area contributed by atoms with Crippen molar-refractivity contribution in [1.29, 1.82) is 0 Å². The van der Waals surface area contributed by atoms with Gasteiger partial charge >= 0.3 is 0 Å². The second-order valence-electron chi connectivity index (χ2n) is 4.37. The van der Waals surface area contributed by atoms with Gasteiger partial charge in [0.2, 0.25) is 0 Å². The molecule has 0 spiro atoms. The molecule has 1 amide bonds. The summed E-state index contributed by atoms with van der Waals surface area (Å²) in [5.74, 6) is -1.68. The molecule has 2 rings (SSSR count). The highest BCUT2D eigenvalue weighted by Gasteiger charge is 2.13. The molecule has 1 heterocycles. The summed E-state index contributed by atoms with van der Waals surface area (Å²) >= 11 is 0. The first-order chi connectivity index (χ1) is 8.97. The molecular formula is C13H13F2N3O. The van der Waals surface area contributed by atoms with Gasteiger partial charge < -0.3 is 5.32 Å². The highest BCUT2D eigenvalue weighted by atomic mass is 19.1. The summed E-state index contributed by atoms with van der Waals surface area (Å²) < 4.78 is 27.7. The molecule has 1 N–H and O–H groups in total. The van der Waals surface area contributed by atoms with E-state index in [0.29, 0.717) is 5.82 Å². The maximum Gasteiger partial charge on any atom is 0.257 e. The first-order valence-corrected chi connectivity index (χ1v) is 5.78. The Kier molecular flexibility index (Phi) is 3.59. The van der Waals surface area contributed by atoms with Crippen LogP contribution in [0.1, 0.15) is 30.2 Å². The van der Waals surface area contributed by atoms with E-state index in [-0.39, 0.29) is 11.6 Å². The minimum Gasteiger partial charge on any atom is -0.307 e. The van der Waals surface area contributed by atoms with E-state index in [9.17, 15) is 13.6 Å². The van der Waals surface area contributed by atoms with E-state index < -0.39 is 17.5 Å². The van der Waals surface area contributed by atoms with Crippen LogP contribution in [0.15, 0.2) is 30.5 Å². The van der Waals surface area contributed by atoms with E-state index >= 15 is 0 Å². The number of hydrogen-bond acceptors (Lipinski definition) is 2. The van der Waals surface area contributed by atoms with Crippen LogP contribution < -0.4 is 5.32 Å². The van der Waals surface area contributed by atoms with Gasteiger partial charge in [-0.05, 0) is 26.0 Å². The molecule has 0 saturated heterocycles. The van der Waals surface area contributed by atoms with Gasteiger partial charge in [-0.25, -0.2) is 13.5 Å². The van der Waals surface area contributed by atoms with Crippen LogP contribution in [-0.2, 0) is 0 Å². The van der Waals surface area contributed by atoms with Crippen LogP contribution >= 0.6 is 0 Å². The summed E-state index contributed by atoms with van der Waals surface area (Å²) in [6, 6.07) is 4.36. The molecular weight excluding hydrogens is 252 g/mol. The van der Waals surface area contributed by atoms with Crippen LogP contribution in [0.2, 0.25) is 0 Å². The lowest BCUT2D eigenvalue weighted by Gasteiger charge is -2.11. The van der Waals surface area contributed by atoms with Gasteiger partial charge in [0.1, 0.15) is 17.5 Å². The minimum absolute atomic E-state index is 0.0644. The van der Waals surface area contributed by atoms with Gasteiger partial charge in [0.25, 0.3) is 5.91 Å². The lowest BCUT2D eigenvalue weighted by atomic mass is 10.2. The standard InChI is InChI=1S/C13H13F2N3O/c1-8(2)18-12(3-4-16-18)17-13(19)9-5-10(14)7-11(15)6-9/h3-8H,1-2H3,(H,17,19). The van der Waals surface area contributed by atoms with E-state index in [1.807, 2.05) is 13.8 Å². The van der Waals surface area contributed by atoms with Crippen LogP contribution in [0.4, 0.5) is 14.6 Å². The Balaban J connectivity index is 2.23.